The van der Waals surface area contributed by atoms with Gasteiger partial charge in [0, 0.05) is 12.8 Å². The fourth-order valence-electron chi connectivity index (χ4n) is 1.78. The van der Waals surface area contributed by atoms with Crippen LogP contribution in [-0.4, -0.2) is 20.5 Å². The summed E-state index contributed by atoms with van der Waals surface area (Å²) in [6.45, 7) is 2.14. The van der Waals surface area contributed by atoms with E-state index in [1.165, 1.54) is 11.1 Å². The number of nitrogens with zero attached hydrogens (tertiary/aromatic N) is 2. The minimum Gasteiger partial charge on any atom is -0.273 e. The Balaban J connectivity index is 1.82. The fourth-order valence-corrected chi connectivity index (χ4v) is 2.64. The van der Waals surface area contributed by atoms with E-state index in [0.717, 1.165) is 23.8 Å². The molecule has 1 aromatic carbocycles. The first-order valence-electron chi connectivity index (χ1n) is 5.97. The quantitative estimate of drug-likeness (QED) is 0.664. The molecule has 5 heteroatoms. The summed E-state index contributed by atoms with van der Waals surface area (Å²) in [5.74, 6) is 0.965. The number of hydrogen-bond acceptors (Lipinski definition) is 3. The molecule has 0 spiro atoms. The normalized spacial score (nSPS) is 10.8. The first-order valence-corrected chi connectivity index (χ1v) is 6.96. The Kier molecular flexibility index (Phi) is 4.25. The van der Waals surface area contributed by atoms with Crippen molar-refractivity contribution in [3.63, 3.8) is 0 Å². The van der Waals surface area contributed by atoms with Gasteiger partial charge in [-0.1, -0.05) is 36.0 Å². The van der Waals surface area contributed by atoms with Crippen molar-refractivity contribution >= 4 is 11.8 Å². The molecule has 1 aromatic heterocycles. The lowest BCUT2D eigenvalue weighted by molar-refractivity contribution is 0.764. The third-order valence-electron chi connectivity index (χ3n) is 2.92. The molecule has 0 aliphatic carbocycles. The molecule has 0 bridgehead atoms. The molecule has 1 heterocycles. The van der Waals surface area contributed by atoms with E-state index >= 15 is 0 Å². The lowest BCUT2D eigenvalue weighted by Gasteiger charge is -2.04. The van der Waals surface area contributed by atoms with Crippen LogP contribution >= 0.6 is 11.8 Å². The lowest BCUT2D eigenvalue weighted by Crippen LogP contribution is -2.12. The van der Waals surface area contributed by atoms with Crippen molar-refractivity contribution in [2.24, 2.45) is 7.05 Å². The first-order chi connectivity index (χ1) is 8.68. The predicted octanol–water partition coefficient (Wildman–Crippen LogP) is 2.14. The van der Waals surface area contributed by atoms with Crippen molar-refractivity contribution in [2.45, 2.75) is 24.9 Å². The van der Waals surface area contributed by atoms with Gasteiger partial charge in [-0.05, 0) is 30.9 Å². The topological polar surface area (TPSA) is 50.7 Å². The largest absolute Gasteiger partial charge is 0.343 e. The number of hydrogen-bond donors (Lipinski definition) is 1. The minimum absolute atomic E-state index is 0.156. The molecule has 0 saturated heterocycles. The molecule has 0 aliphatic heterocycles. The van der Waals surface area contributed by atoms with Crippen LogP contribution in [0.2, 0.25) is 0 Å². The van der Waals surface area contributed by atoms with Gasteiger partial charge in [0.1, 0.15) is 0 Å². The number of H-pyrrole nitrogens is 1. The van der Waals surface area contributed by atoms with Crippen LogP contribution in [0.1, 0.15) is 17.5 Å². The molecule has 2 rings (SSSR count). The van der Waals surface area contributed by atoms with Crippen LogP contribution in [0.4, 0.5) is 0 Å². The van der Waals surface area contributed by atoms with Gasteiger partial charge < -0.3 is 0 Å². The Labute approximate surface area is 110 Å². The molecule has 0 fully saturated rings. The highest BCUT2D eigenvalue weighted by atomic mass is 32.2. The van der Waals surface area contributed by atoms with Gasteiger partial charge in [-0.2, -0.15) is 0 Å². The van der Waals surface area contributed by atoms with Gasteiger partial charge in [-0.15, -0.1) is 5.10 Å². The molecular formula is C13H17N3OS. The van der Waals surface area contributed by atoms with E-state index in [1.54, 1.807) is 23.4 Å². The number of benzene rings is 1. The van der Waals surface area contributed by atoms with Crippen LogP contribution in [-0.2, 0) is 13.5 Å². The van der Waals surface area contributed by atoms with E-state index in [4.69, 9.17) is 0 Å². The van der Waals surface area contributed by atoms with Crippen LogP contribution < -0.4 is 5.69 Å². The maximum absolute atomic E-state index is 11.2. The Hall–Kier alpha value is -1.49. The first kappa shape index (κ1) is 13.0. The Morgan fingerprint density at radius 1 is 1.39 bits per heavy atom. The lowest BCUT2D eigenvalue weighted by atomic mass is 10.1. The summed E-state index contributed by atoms with van der Waals surface area (Å²) in [5, 5.41) is 7.16. The summed E-state index contributed by atoms with van der Waals surface area (Å²) in [6.07, 6.45) is 2.15. The standard InChI is InChI=1S/C13H17N3OS/c1-10-6-3-4-7-11(10)8-5-9-18-13-15-14-12(17)16(13)2/h3-4,6-7H,5,8-9H2,1-2H3,(H,14,17). The van der Waals surface area contributed by atoms with Crippen LogP contribution in [0.5, 0.6) is 0 Å². The molecule has 0 radical (unpaired) electrons. The molecule has 2 aromatic rings. The molecular weight excluding hydrogens is 246 g/mol. The molecule has 0 unspecified atom stereocenters. The number of nitrogens with one attached hydrogen (secondary N) is 1. The number of thioether (sulfide) groups is 1. The third kappa shape index (κ3) is 3.04. The summed E-state index contributed by atoms with van der Waals surface area (Å²) in [5.41, 5.74) is 2.58. The Bertz CT molecular complexity index is 574. The monoisotopic (exact) mass is 263 g/mol. The van der Waals surface area contributed by atoms with E-state index in [1.807, 2.05) is 0 Å². The zero-order valence-corrected chi connectivity index (χ0v) is 11.5. The van der Waals surface area contributed by atoms with Crippen LogP contribution in [0.25, 0.3) is 0 Å². The minimum atomic E-state index is -0.156. The van der Waals surface area contributed by atoms with Crippen molar-refractivity contribution in [1.29, 1.82) is 0 Å². The van der Waals surface area contributed by atoms with Gasteiger partial charge in [-0.3, -0.25) is 4.57 Å². The van der Waals surface area contributed by atoms with E-state index in [9.17, 15) is 4.79 Å². The second kappa shape index (κ2) is 5.91. The highest BCUT2D eigenvalue weighted by Crippen LogP contribution is 2.16. The predicted molar refractivity (Wildman–Crippen MR) is 74.1 cm³/mol. The Morgan fingerprint density at radius 3 is 2.83 bits per heavy atom. The van der Waals surface area contributed by atoms with Crippen molar-refractivity contribution in [3.8, 4) is 0 Å². The molecule has 0 aliphatic rings. The van der Waals surface area contributed by atoms with Crippen molar-refractivity contribution in [2.75, 3.05) is 5.75 Å². The fraction of sp³-hybridized carbons (Fsp3) is 0.385. The van der Waals surface area contributed by atoms with Crippen LogP contribution in [0.15, 0.2) is 34.2 Å². The van der Waals surface area contributed by atoms with Crippen molar-refractivity contribution in [1.82, 2.24) is 14.8 Å². The van der Waals surface area contributed by atoms with E-state index in [-0.39, 0.29) is 5.69 Å². The average molecular weight is 263 g/mol. The van der Waals surface area contributed by atoms with E-state index < -0.39 is 0 Å². The molecule has 96 valence electrons. The zero-order valence-electron chi connectivity index (χ0n) is 10.6. The van der Waals surface area contributed by atoms with Crippen molar-refractivity contribution in [3.05, 3.63) is 45.9 Å². The maximum Gasteiger partial charge on any atom is 0.343 e. The SMILES string of the molecule is Cc1ccccc1CCCSc1n[nH]c(=O)n1C. The summed E-state index contributed by atoms with van der Waals surface area (Å²) >= 11 is 1.61. The number of rotatable bonds is 5. The van der Waals surface area contributed by atoms with Gasteiger partial charge in [0.15, 0.2) is 5.16 Å². The average Bonchev–Trinajstić information content (AvgIpc) is 2.68. The molecule has 18 heavy (non-hydrogen) atoms. The van der Waals surface area contributed by atoms with Gasteiger partial charge in [0.05, 0.1) is 0 Å². The molecule has 0 atom stereocenters. The summed E-state index contributed by atoms with van der Waals surface area (Å²) in [6, 6.07) is 8.45. The smallest absolute Gasteiger partial charge is 0.273 e. The summed E-state index contributed by atoms with van der Waals surface area (Å²) in [7, 11) is 1.73. The van der Waals surface area contributed by atoms with Crippen LogP contribution in [0.3, 0.4) is 0 Å². The Morgan fingerprint density at radius 2 is 2.17 bits per heavy atom. The summed E-state index contributed by atoms with van der Waals surface area (Å²) < 4.78 is 1.54. The van der Waals surface area contributed by atoms with Gasteiger partial charge >= 0.3 is 5.69 Å². The number of aryl methyl sites for hydroxylation is 2. The molecule has 0 amide bonds. The molecule has 4 nitrogen and oxygen atoms in total. The van der Waals surface area contributed by atoms with Gasteiger partial charge in [0.25, 0.3) is 0 Å². The third-order valence-corrected chi connectivity index (χ3v) is 4.04. The highest BCUT2D eigenvalue weighted by molar-refractivity contribution is 7.99. The number of aromatic amines is 1. The van der Waals surface area contributed by atoms with Crippen molar-refractivity contribution < 1.29 is 0 Å². The highest BCUT2D eigenvalue weighted by Gasteiger charge is 2.04. The zero-order chi connectivity index (χ0) is 13.0. The second-order valence-corrected chi connectivity index (χ2v) is 5.31. The second-order valence-electron chi connectivity index (χ2n) is 4.25. The number of aromatic nitrogens is 3. The van der Waals surface area contributed by atoms with Gasteiger partial charge in [0.2, 0.25) is 0 Å². The van der Waals surface area contributed by atoms with E-state index in [0.29, 0.717) is 0 Å². The van der Waals surface area contributed by atoms with E-state index in [2.05, 4.69) is 41.4 Å². The van der Waals surface area contributed by atoms with Crippen LogP contribution in [0, 0.1) is 6.92 Å². The molecule has 0 saturated carbocycles. The van der Waals surface area contributed by atoms with Gasteiger partial charge in [-0.25, -0.2) is 9.89 Å². The molecule has 1 N–H and O–H groups in total. The summed E-state index contributed by atoms with van der Waals surface area (Å²) in [4.78, 5) is 11.2. The maximum atomic E-state index is 11.2.